The largest absolute Gasteiger partial charge is 0.320 e. The van der Waals surface area contributed by atoms with Crippen molar-refractivity contribution in [2.75, 3.05) is 5.32 Å². The van der Waals surface area contributed by atoms with Crippen LogP contribution in [-0.4, -0.2) is 15.5 Å². The van der Waals surface area contributed by atoms with Gasteiger partial charge in [-0.2, -0.15) is 0 Å². The number of nitrogens with zero attached hydrogens (tertiary/aromatic N) is 2. The minimum Gasteiger partial charge on any atom is -0.320 e. The Morgan fingerprint density at radius 2 is 2.04 bits per heavy atom. The highest BCUT2D eigenvalue weighted by Crippen LogP contribution is 2.11. The van der Waals surface area contributed by atoms with Gasteiger partial charge in [0.15, 0.2) is 0 Å². The lowest BCUT2D eigenvalue weighted by molar-refractivity contribution is 0.102. The molecular weight excluding hydrogens is 290 g/mol. The maximum absolute atomic E-state index is 12.6. The molecule has 0 fully saturated rings. The first-order chi connectivity index (χ1) is 10.9. The normalized spacial score (nSPS) is 10.8. The number of aryl methyl sites for hydroxylation is 3. The molecule has 0 spiro atoms. The Hall–Kier alpha value is -2.43. The van der Waals surface area contributed by atoms with Crippen molar-refractivity contribution < 1.29 is 4.79 Å². The van der Waals surface area contributed by atoms with Crippen LogP contribution in [0.3, 0.4) is 0 Å². The van der Waals surface area contributed by atoms with Gasteiger partial charge in [0.05, 0.1) is 11.9 Å². The Morgan fingerprint density at radius 1 is 1.30 bits per heavy atom. The molecule has 0 unspecified atom stereocenters. The Bertz CT molecular complexity index is 763. The summed E-state index contributed by atoms with van der Waals surface area (Å²) in [5.74, 6) is 0.109. The van der Waals surface area contributed by atoms with Crippen LogP contribution >= 0.6 is 0 Å². The SMILES string of the molecule is Cc1cncc(NC(=O)c2c(C)ccn(CCC(C)C)c2=O)c1. The molecule has 122 valence electrons. The van der Waals surface area contributed by atoms with E-state index in [-0.39, 0.29) is 11.1 Å². The van der Waals surface area contributed by atoms with Gasteiger partial charge in [-0.25, -0.2) is 0 Å². The predicted molar refractivity (Wildman–Crippen MR) is 91.8 cm³/mol. The van der Waals surface area contributed by atoms with Gasteiger partial charge in [-0.15, -0.1) is 0 Å². The molecule has 0 atom stereocenters. The summed E-state index contributed by atoms with van der Waals surface area (Å²) in [4.78, 5) is 29.1. The van der Waals surface area contributed by atoms with Crippen LogP contribution in [0.1, 0.15) is 41.8 Å². The minimum absolute atomic E-state index is 0.192. The fourth-order valence-corrected chi connectivity index (χ4v) is 2.33. The minimum atomic E-state index is -0.390. The summed E-state index contributed by atoms with van der Waals surface area (Å²) >= 11 is 0. The molecule has 2 rings (SSSR count). The van der Waals surface area contributed by atoms with Crippen molar-refractivity contribution >= 4 is 11.6 Å². The molecule has 0 saturated carbocycles. The van der Waals surface area contributed by atoms with Crippen LogP contribution in [0.4, 0.5) is 5.69 Å². The van der Waals surface area contributed by atoms with Crippen LogP contribution in [0, 0.1) is 19.8 Å². The van der Waals surface area contributed by atoms with Crippen molar-refractivity contribution in [3.8, 4) is 0 Å². The van der Waals surface area contributed by atoms with Gasteiger partial charge in [-0.3, -0.25) is 14.6 Å². The molecule has 5 nitrogen and oxygen atoms in total. The first-order valence-corrected chi connectivity index (χ1v) is 7.81. The molecule has 1 N–H and O–H groups in total. The van der Waals surface area contributed by atoms with Gasteiger partial charge in [-0.05, 0) is 49.4 Å². The van der Waals surface area contributed by atoms with E-state index in [1.807, 2.05) is 19.1 Å². The van der Waals surface area contributed by atoms with Crippen LogP contribution in [0.2, 0.25) is 0 Å². The average Bonchev–Trinajstić information content (AvgIpc) is 2.46. The molecule has 0 radical (unpaired) electrons. The smallest absolute Gasteiger partial charge is 0.263 e. The first kappa shape index (κ1) is 16.9. The fourth-order valence-electron chi connectivity index (χ4n) is 2.33. The summed E-state index contributed by atoms with van der Waals surface area (Å²) in [6.45, 7) is 8.51. The van der Waals surface area contributed by atoms with Crippen molar-refractivity contribution in [3.05, 3.63) is 57.8 Å². The van der Waals surface area contributed by atoms with E-state index in [1.165, 1.54) is 0 Å². The summed E-state index contributed by atoms with van der Waals surface area (Å²) in [5.41, 5.74) is 2.16. The maximum atomic E-state index is 12.6. The second kappa shape index (κ2) is 7.22. The van der Waals surface area contributed by atoms with Crippen molar-refractivity contribution in [2.24, 2.45) is 5.92 Å². The zero-order valence-corrected chi connectivity index (χ0v) is 14.1. The number of hydrogen-bond acceptors (Lipinski definition) is 3. The van der Waals surface area contributed by atoms with E-state index in [0.717, 1.165) is 12.0 Å². The third-order valence-electron chi connectivity index (χ3n) is 3.68. The van der Waals surface area contributed by atoms with Crippen LogP contribution in [-0.2, 0) is 6.54 Å². The number of amides is 1. The summed E-state index contributed by atoms with van der Waals surface area (Å²) in [6.07, 6.45) is 5.93. The zero-order valence-electron chi connectivity index (χ0n) is 14.1. The first-order valence-electron chi connectivity index (χ1n) is 7.81. The number of nitrogens with one attached hydrogen (secondary N) is 1. The Labute approximate surface area is 136 Å². The molecule has 1 amide bonds. The number of pyridine rings is 2. The number of carbonyl (C=O) groups excluding carboxylic acids is 1. The highest BCUT2D eigenvalue weighted by atomic mass is 16.2. The highest BCUT2D eigenvalue weighted by molar-refractivity contribution is 6.04. The number of carbonyl (C=O) groups is 1. The van der Waals surface area contributed by atoms with E-state index >= 15 is 0 Å². The molecular formula is C18H23N3O2. The van der Waals surface area contributed by atoms with Crippen molar-refractivity contribution in [1.82, 2.24) is 9.55 Å². The lowest BCUT2D eigenvalue weighted by Crippen LogP contribution is -2.30. The number of aromatic nitrogens is 2. The van der Waals surface area contributed by atoms with Gasteiger partial charge < -0.3 is 9.88 Å². The van der Waals surface area contributed by atoms with Crippen LogP contribution in [0.5, 0.6) is 0 Å². The number of rotatable bonds is 5. The Kier molecular flexibility index (Phi) is 5.32. The van der Waals surface area contributed by atoms with E-state index in [9.17, 15) is 9.59 Å². The molecule has 23 heavy (non-hydrogen) atoms. The van der Waals surface area contributed by atoms with E-state index in [4.69, 9.17) is 0 Å². The third-order valence-corrected chi connectivity index (χ3v) is 3.68. The summed E-state index contributed by atoms with van der Waals surface area (Å²) < 4.78 is 1.61. The summed E-state index contributed by atoms with van der Waals surface area (Å²) in [5, 5.41) is 2.76. The lowest BCUT2D eigenvalue weighted by atomic mass is 10.1. The molecule has 2 aromatic rings. The fraction of sp³-hybridized carbons (Fsp3) is 0.389. The quantitative estimate of drug-likeness (QED) is 0.922. The predicted octanol–water partition coefficient (Wildman–Crippen LogP) is 3.16. The second-order valence-corrected chi connectivity index (χ2v) is 6.26. The van der Waals surface area contributed by atoms with E-state index in [0.29, 0.717) is 23.7 Å². The van der Waals surface area contributed by atoms with Gasteiger partial charge in [0.1, 0.15) is 5.56 Å². The van der Waals surface area contributed by atoms with Crippen LogP contribution < -0.4 is 10.9 Å². The van der Waals surface area contributed by atoms with Gasteiger partial charge in [0, 0.05) is 18.9 Å². The molecule has 0 bridgehead atoms. The van der Waals surface area contributed by atoms with Crippen LogP contribution in [0.15, 0.2) is 35.5 Å². The monoisotopic (exact) mass is 313 g/mol. The lowest BCUT2D eigenvalue weighted by Gasteiger charge is -2.12. The van der Waals surface area contributed by atoms with Crippen molar-refractivity contribution in [3.63, 3.8) is 0 Å². The molecule has 2 heterocycles. The summed E-state index contributed by atoms with van der Waals surface area (Å²) in [7, 11) is 0. The molecule has 5 heteroatoms. The Morgan fingerprint density at radius 3 is 2.70 bits per heavy atom. The topological polar surface area (TPSA) is 64.0 Å². The van der Waals surface area contributed by atoms with Gasteiger partial charge >= 0.3 is 0 Å². The standard InChI is InChI=1S/C18H23N3O2/c1-12(2)5-7-21-8-6-14(4)16(18(21)23)17(22)20-15-9-13(3)10-19-11-15/h6,8-12H,5,7H2,1-4H3,(H,20,22). The van der Waals surface area contributed by atoms with E-state index < -0.39 is 5.91 Å². The van der Waals surface area contributed by atoms with Gasteiger partial charge in [-0.1, -0.05) is 13.8 Å². The zero-order chi connectivity index (χ0) is 17.0. The van der Waals surface area contributed by atoms with Gasteiger partial charge in [0.25, 0.3) is 11.5 Å². The average molecular weight is 313 g/mol. The van der Waals surface area contributed by atoms with Gasteiger partial charge in [0.2, 0.25) is 0 Å². The molecule has 0 aromatic carbocycles. The number of hydrogen-bond donors (Lipinski definition) is 1. The highest BCUT2D eigenvalue weighted by Gasteiger charge is 2.16. The van der Waals surface area contributed by atoms with Crippen molar-refractivity contribution in [1.29, 1.82) is 0 Å². The van der Waals surface area contributed by atoms with Crippen LogP contribution in [0.25, 0.3) is 0 Å². The Balaban J connectivity index is 2.29. The molecule has 0 aliphatic carbocycles. The number of anilines is 1. The molecule has 2 aromatic heterocycles. The van der Waals surface area contributed by atoms with Crippen molar-refractivity contribution in [2.45, 2.75) is 40.7 Å². The van der Waals surface area contributed by atoms with E-state index in [2.05, 4.69) is 24.1 Å². The molecule has 0 aliphatic heterocycles. The third kappa shape index (κ3) is 4.28. The summed E-state index contributed by atoms with van der Waals surface area (Å²) in [6, 6.07) is 3.63. The molecule has 0 aliphatic rings. The van der Waals surface area contributed by atoms with E-state index in [1.54, 1.807) is 30.1 Å². The molecule has 0 saturated heterocycles. The second-order valence-electron chi connectivity index (χ2n) is 6.26. The maximum Gasteiger partial charge on any atom is 0.263 e.